The van der Waals surface area contributed by atoms with Crippen LogP contribution in [0.25, 0.3) is 0 Å². The molecule has 4 rings (SSSR count). The number of hydrogen-bond donors (Lipinski definition) is 1. The predicted molar refractivity (Wildman–Crippen MR) is 402 cm³/mol. The topological polar surface area (TPSA) is 174 Å². The first-order chi connectivity index (χ1) is 45.0. The first-order valence-corrected chi connectivity index (χ1v) is 35.1. The Labute approximate surface area is 612 Å². The number of rotatable bonds is 45. The van der Waals surface area contributed by atoms with E-state index in [2.05, 4.69) is 90.8 Å². The van der Waals surface area contributed by atoms with Crippen LogP contribution in [0.3, 0.4) is 0 Å². The van der Waals surface area contributed by atoms with Gasteiger partial charge < -0.3 is 66.7 Å². The normalized spacial score (nSPS) is 14.1. The van der Waals surface area contributed by atoms with Crippen LogP contribution in [0, 0.1) is 11.8 Å². The Morgan fingerprint density at radius 3 is 1.26 bits per heavy atom. The zero-order valence-electron chi connectivity index (χ0n) is 58.5. The molecule has 16 nitrogen and oxygen atoms in total. The lowest BCUT2D eigenvalue weighted by atomic mass is 9.76. The lowest BCUT2D eigenvalue weighted by Crippen LogP contribution is -2.41. The first kappa shape index (κ1) is 95.1. The number of methoxy groups -OCH3 is 5. The maximum atomic E-state index is 12.6. The van der Waals surface area contributed by atoms with Gasteiger partial charge in [0.1, 0.15) is 37.3 Å². The van der Waals surface area contributed by atoms with Gasteiger partial charge in [-0.15, -0.1) is 23.2 Å². The van der Waals surface area contributed by atoms with Gasteiger partial charge in [-0.3, -0.25) is 9.59 Å². The van der Waals surface area contributed by atoms with E-state index in [9.17, 15) is 14.7 Å². The molecule has 0 heterocycles. The number of carbonyl (C=O) groups is 2. The summed E-state index contributed by atoms with van der Waals surface area (Å²) in [5.41, 5.74) is 5.22. The molecular formula is C77H122Br2Cl2O16. The molecule has 0 aliphatic carbocycles. The van der Waals surface area contributed by atoms with Crippen molar-refractivity contribution in [2.45, 2.75) is 204 Å². The fourth-order valence-corrected chi connectivity index (χ4v) is 10.8. The molecule has 0 fully saturated rings. The van der Waals surface area contributed by atoms with Gasteiger partial charge in [-0.1, -0.05) is 170 Å². The van der Waals surface area contributed by atoms with Crippen LogP contribution in [0.15, 0.2) is 129 Å². The van der Waals surface area contributed by atoms with Crippen molar-refractivity contribution in [3.63, 3.8) is 0 Å². The zero-order valence-corrected chi connectivity index (χ0v) is 63.2. The van der Waals surface area contributed by atoms with Gasteiger partial charge in [0, 0.05) is 91.5 Å². The average molecular weight is 1530 g/mol. The standard InChI is InChI=1S/C37H55BrO8.C36H53BrO8.CH2Cl2.3CH4/c1-9-28(24-44-26-43-19-18-40-6)20-27(3)34(45-25-29-14-16-32(41-7)17-15-29)22-33(42-8)23-35(46-36(39)10-2)37(4,5)30-12-11-13-31(38)21-30;1-8-27(23-43-25-42-18-17-40-6)19-26(3)33(44-24-28-13-15-32(41-7)16-14-28)21-31(38)22-34(45-35(39)9-2)36(4,5)29-11-10-12-30(37)20-29;2-1-3;;;/h11-17,20-21,28,33-35H,9-10,18-19,22-26H2,1-8H3;10-16,19-20,27,31,33-34,38H,8-9,17-18,21-25H2,1-7H3;1H2;3*1H4/b27-20-;26-19-;;;;/t28-,33-,34+,35+;27-,31-,33+,34+;;;;/m11..../s1. The van der Waals surface area contributed by atoms with E-state index >= 15 is 0 Å². The molecule has 0 spiro atoms. The number of halogens is 4. The summed E-state index contributed by atoms with van der Waals surface area (Å²) in [5, 5.41) is 11.7. The van der Waals surface area contributed by atoms with Crippen LogP contribution in [-0.2, 0) is 85.7 Å². The molecule has 20 heteroatoms. The van der Waals surface area contributed by atoms with E-state index < -0.39 is 29.1 Å². The summed E-state index contributed by atoms with van der Waals surface area (Å²) >= 11 is 16.7. The van der Waals surface area contributed by atoms with Crippen LogP contribution in [0.1, 0.15) is 165 Å². The quantitative estimate of drug-likeness (QED) is 0.0145. The van der Waals surface area contributed by atoms with Crippen molar-refractivity contribution in [3.8, 4) is 11.5 Å². The van der Waals surface area contributed by atoms with Gasteiger partial charge in [-0.05, 0) is 109 Å². The highest BCUT2D eigenvalue weighted by atomic mass is 79.9. The summed E-state index contributed by atoms with van der Waals surface area (Å²) in [6.07, 6.45) is 5.84. The average Bonchev–Trinajstić information content (AvgIpc) is 0.850. The summed E-state index contributed by atoms with van der Waals surface area (Å²) < 4.78 is 76.3. The Balaban J connectivity index is 0. The van der Waals surface area contributed by atoms with Gasteiger partial charge in [0.15, 0.2) is 0 Å². The number of benzene rings is 4. The third-order valence-electron chi connectivity index (χ3n) is 16.3. The van der Waals surface area contributed by atoms with E-state index in [-0.39, 0.29) is 96.1 Å². The summed E-state index contributed by atoms with van der Waals surface area (Å²) in [7, 11) is 8.29. The predicted octanol–water partition coefficient (Wildman–Crippen LogP) is 18.8. The van der Waals surface area contributed by atoms with Gasteiger partial charge >= 0.3 is 11.9 Å². The van der Waals surface area contributed by atoms with Crippen LogP contribution in [0.2, 0.25) is 0 Å². The van der Waals surface area contributed by atoms with Crippen molar-refractivity contribution in [1.82, 2.24) is 0 Å². The highest BCUT2D eigenvalue weighted by Gasteiger charge is 2.39. The number of hydrogen-bond acceptors (Lipinski definition) is 16. The third kappa shape index (κ3) is 38.0. The maximum Gasteiger partial charge on any atom is 0.305 e. The maximum absolute atomic E-state index is 12.6. The van der Waals surface area contributed by atoms with Gasteiger partial charge in [0.05, 0.1) is 96.8 Å². The SMILES string of the molecule is C.C.C.CCC(=O)O[C@@H](C[C@@H](C[C@H](OCc1ccc(OC)cc1)/C(C)=C\[C@@H](CC)COCOCCOC)OC)C(C)(C)c1cccc(Br)c1.CCC(=O)O[C@@H](C[C@H](O)C[C@H](OCc1ccc(OC)cc1)/C(C)=C\[C@@H](CC)COCOCCOC)C(C)(C)c1cccc(Br)c1.ClCCl. The van der Waals surface area contributed by atoms with Crippen molar-refractivity contribution < 1.29 is 76.3 Å². The van der Waals surface area contributed by atoms with E-state index in [0.29, 0.717) is 78.5 Å². The molecule has 0 aliphatic rings. The highest BCUT2D eigenvalue weighted by molar-refractivity contribution is 9.10. The van der Waals surface area contributed by atoms with Gasteiger partial charge in [0.2, 0.25) is 0 Å². The molecule has 0 aromatic heterocycles. The second-order valence-corrected chi connectivity index (χ2v) is 26.6. The molecule has 554 valence electrons. The molecule has 0 aliphatic heterocycles. The fourth-order valence-electron chi connectivity index (χ4n) is 10.0. The van der Waals surface area contributed by atoms with E-state index in [1.165, 1.54) is 0 Å². The molecule has 0 unspecified atom stereocenters. The molecule has 0 radical (unpaired) electrons. The van der Waals surface area contributed by atoms with Crippen molar-refractivity contribution >= 4 is 67.0 Å². The lowest BCUT2D eigenvalue weighted by molar-refractivity contribution is -0.155. The van der Waals surface area contributed by atoms with Crippen LogP contribution in [0.5, 0.6) is 11.5 Å². The van der Waals surface area contributed by atoms with Crippen LogP contribution < -0.4 is 9.47 Å². The number of ether oxygens (including phenoxy) is 13. The summed E-state index contributed by atoms with van der Waals surface area (Å²) in [4.78, 5) is 25.2. The Morgan fingerprint density at radius 2 is 0.918 bits per heavy atom. The number of alkyl halides is 2. The minimum Gasteiger partial charge on any atom is -0.497 e. The molecule has 0 saturated carbocycles. The van der Waals surface area contributed by atoms with E-state index in [4.69, 9.17) is 84.8 Å². The summed E-state index contributed by atoms with van der Waals surface area (Å²) in [5.74, 6) is 1.38. The zero-order chi connectivity index (χ0) is 69.9. The number of aliphatic hydroxyl groups excluding tert-OH is 1. The summed E-state index contributed by atoms with van der Waals surface area (Å²) in [6.45, 7) is 24.6. The van der Waals surface area contributed by atoms with Crippen LogP contribution >= 0.6 is 55.1 Å². The molecule has 8 atom stereocenters. The monoisotopic (exact) mass is 1530 g/mol. The minimum atomic E-state index is -0.791. The molecule has 97 heavy (non-hydrogen) atoms. The second kappa shape index (κ2) is 54.7. The smallest absolute Gasteiger partial charge is 0.305 e. The van der Waals surface area contributed by atoms with Crippen molar-refractivity contribution in [2.24, 2.45) is 11.8 Å². The van der Waals surface area contributed by atoms with Crippen molar-refractivity contribution in [1.29, 1.82) is 0 Å². The lowest BCUT2D eigenvalue weighted by Gasteiger charge is -2.37. The molecule has 0 saturated heterocycles. The Bertz CT molecular complexity index is 2710. The van der Waals surface area contributed by atoms with Crippen LogP contribution in [0.4, 0.5) is 0 Å². The van der Waals surface area contributed by atoms with Crippen molar-refractivity contribution in [3.05, 3.63) is 152 Å². The second-order valence-electron chi connectivity index (χ2n) is 23.9. The van der Waals surface area contributed by atoms with E-state index in [1.54, 1.807) is 42.5 Å². The Hall–Kier alpha value is -3.96. The third-order valence-corrected chi connectivity index (χ3v) is 17.3. The Morgan fingerprint density at radius 1 is 0.536 bits per heavy atom. The molecule has 1 N–H and O–H groups in total. The first-order valence-electron chi connectivity index (χ1n) is 32.4. The fraction of sp³-hybridized carbons (Fsp3) is 0.610. The van der Waals surface area contributed by atoms with Gasteiger partial charge in [-0.2, -0.15) is 0 Å². The number of aliphatic hydroxyl groups is 1. The molecule has 0 bridgehead atoms. The summed E-state index contributed by atoms with van der Waals surface area (Å²) in [6, 6.07) is 31.8. The Kier molecular flexibility index (Phi) is 53.7. The number of esters is 2. The highest BCUT2D eigenvalue weighted by Crippen LogP contribution is 2.37. The number of carbonyl (C=O) groups excluding carboxylic acids is 2. The largest absolute Gasteiger partial charge is 0.497 e. The molecule has 0 amide bonds. The van der Waals surface area contributed by atoms with E-state index in [0.717, 1.165) is 66.7 Å². The molecule has 4 aromatic carbocycles. The van der Waals surface area contributed by atoms with Gasteiger partial charge in [-0.25, -0.2) is 0 Å². The van der Waals surface area contributed by atoms with Crippen LogP contribution in [-0.4, -0.2) is 148 Å². The minimum absolute atomic E-state index is 0. The molecule has 4 aromatic rings. The van der Waals surface area contributed by atoms with E-state index in [1.807, 2.05) is 113 Å². The van der Waals surface area contributed by atoms with Crippen molar-refractivity contribution in [2.75, 3.05) is 94.1 Å². The van der Waals surface area contributed by atoms with Gasteiger partial charge in [0.25, 0.3) is 0 Å². The molecular weight excluding hydrogens is 1410 g/mol.